The lowest BCUT2D eigenvalue weighted by Crippen LogP contribution is -2.37. The van der Waals surface area contributed by atoms with Crippen LogP contribution in [0.5, 0.6) is 0 Å². The third kappa shape index (κ3) is 5.34. The first-order valence-corrected chi connectivity index (χ1v) is 7.36. The summed E-state index contributed by atoms with van der Waals surface area (Å²) in [6.07, 6.45) is 10.3. The van der Waals surface area contributed by atoms with Crippen LogP contribution in [0.4, 0.5) is 0 Å². The molecule has 0 aliphatic carbocycles. The summed E-state index contributed by atoms with van der Waals surface area (Å²) in [6, 6.07) is 0. The molecule has 1 N–H and O–H groups in total. The van der Waals surface area contributed by atoms with Crippen LogP contribution in [-0.2, 0) is 0 Å². The minimum absolute atomic E-state index is 0.380. The van der Waals surface area contributed by atoms with Crippen LogP contribution in [0.2, 0.25) is 0 Å². The highest BCUT2D eigenvalue weighted by atomic mass is 16.3. The summed E-state index contributed by atoms with van der Waals surface area (Å²) in [5, 5.41) is 10.8. The van der Waals surface area contributed by atoms with Crippen LogP contribution in [-0.4, -0.2) is 10.7 Å². The predicted molar refractivity (Wildman–Crippen MR) is 72.7 cm³/mol. The lowest BCUT2D eigenvalue weighted by atomic mass is 9.76. The van der Waals surface area contributed by atoms with Gasteiger partial charge in [0.25, 0.3) is 0 Å². The van der Waals surface area contributed by atoms with Gasteiger partial charge in [0.2, 0.25) is 0 Å². The average molecular weight is 228 g/mol. The Kier molecular flexibility index (Phi) is 9.02. The van der Waals surface area contributed by atoms with Crippen molar-refractivity contribution in [1.29, 1.82) is 0 Å². The molecule has 0 radical (unpaired) electrons. The van der Waals surface area contributed by atoms with Gasteiger partial charge in [-0.05, 0) is 25.2 Å². The Bertz CT molecular complexity index is 156. The van der Waals surface area contributed by atoms with Crippen molar-refractivity contribution >= 4 is 0 Å². The maximum absolute atomic E-state index is 10.8. The van der Waals surface area contributed by atoms with Gasteiger partial charge in [-0.25, -0.2) is 0 Å². The molecule has 0 aromatic carbocycles. The van der Waals surface area contributed by atoms with E-state index in [1.807, 2.05) is 0 Å². The topological polar surface area (TPSA) is 20.2 Å². The van der Waals surface area contributed by atoms with E-state index in [0.29, 0.717) is 5.92 Å². The molecule has 0 aliphatic rings. The Morgan fingerprint density at radius 3 is 1.94 bits per heavy atom. The molecule has 0 rings (SSSR count). The zero-order chi connectivity index (χ0) is 12.4. The summed E-state index contributed by atoms with van der Waals surface area (Å²) in [5.74, 6) is 0.513. The van der Waals surface area contributed by atoms with Crippen molar-refractivity contribution in [3.05, 3.63) is 0 Å². The van der Waals surface area contributed by atoms with Gasteiger partial charge in [0.15, 0.2) is 0 Å². The van der Waals surface area contributed by atoms with Crippen molar-refractivity contribution in [2.75, 3.05) is 0 Å². The standard InChI is InChI=1S/C15H32O/c1-5-9-11-14(8-4)15(16,12-7-3)13-10-6-2/h14,16H,5-13H2,1-4H3. The number of hydrogen-bond donors (Lipinski definition) is 1. The van der Waals surface area contributed by atoms with E-state index >= 15 is 0 Å². The fourth-order valence-electron chi connectivity index (χ4n) is 2.75. The van der Waals surface area contributed by atoms with Crippen molar-refractivity contribution in [2.45, 2.75) is 91.1 Å². The molecular weight excluding hydrogens is 196 g/mol. The molecule has 98 valence electrons. The largest absolute Gasteiger partial charge is 0.390 e. The van der Waals surface area contributed by atoms with E-state index in [0.717, 1.165) is 25.7 Å². The number of rotatable bonds is 10. The molecule has 0 aromatic rings. The zero-order valence-electron chi connectivity index (χ0n) is 11.9. The van der Waals surface area contributed by atoms with E-state index in [-0.39, 0.29) is 5.60 Å². The second-order valence-corrected chi connectivity index (χ2v) is 5.20. The Morgan fingerprint density at radius 2 is 1.50 bits per heavy atom. The molecule has 0 saturated heterocycles. The van der Waals surface area contributed by atoms with Gasteiger partial charge in [-0.15, -0.1) is 0 Å². The highest BCUT2D eigenvalue weighted by Crippen LogP contribution is 2.34. The zero-order valence-corrected chi connectivity index (χ0v) is 11.9. The second-order valence-electron chi connectivity index (χ2n) is 5.20. The van der Waals surface area contributed by atoms with E-state index < -0.39 is 0 Å². The maximum atomic E-state index is 10.8. The van der Waals surface area contributed by atoms with Gasteiger partial charge in [-0.1, -0.05) is 66.2 Å². The molecule has 0 fully saturated rings. The predicted octanol–water partition coefficient (Wildman–Crippen LogP) is 4.92. The van der Waals surface area contributed by atoms with E-state index in [2.05, 4.69) is 27.7 Å². The molecule has 0 amide bonds. The molecule has 0 spiro atoms. The molecule has 2 atom stereocenters. The van der Waals surface area contributed by atoms with E-state index in [1.54, 1.807) is 0 Å². The lowest BCUT2D eigenvalue weighted by molar-refractivity contribution is -0.0414. The van der Waals surface area contributed by atoms with E-state index in [4.69, 9.17) is 0 Å². The molecule has 0 bridgehead atoms. The quantitative estimate of drug-likeness (QED) is 0.562. The lowest BCUT2D eigenvalue weighted by Gasteiger charge is -2.36. The normalized spacial score (nSPS) is 17.1. The fraction of sp³-hybridized carbons (Fsp3) is 1.00. The SMILES string of the molecule is CCCCC(CC)C(O)(CCC)CCCC. The first-order chi connectivity index (χ1) is 7.64. The van der Waals surface area contributed by atoms with Crippen LogP contribution in [0.1, 0.15) is 85.5 Å². The summed E-state index contributed by atoms with van der Waals surface area (Å²) in [6.45, 7) is 8.85. The minimum Gasteiger partial charge on any atom is -0.390 e. The van der Waals surface area contributed by atoms with Gasteiger partial charge in [0.05, 0.1) is 5.60 Å². The summed E-state index contributed by atoms with van der Waals surface area (Å²) in [7, 11) is 0. The first-order valence-electron chi connectivity index (χ1n) is 7.36. The van der Waals surface area contributed by atoms with Crippen LogP contribution >= 0.6 is 0 Å². The monoisotopic (exact) mass is 228 g/mol. The fourth-order valence-corrected chi connectivity index (χ4v) is 2.75. The van der Waals surface area contributed by atoms with Crippen molar-refractivity contribution in [2.24, 2.45) is 5.92 Å². The maximum Gasteiger partial charge on any atom is 0.0675 e. The molecular formula is C15H32O. The Labute approximate surface area is 103 Å². The van der Waals surface area contributed by atoms with Crippen molar-refractivity contribution in [3.8, 4) is 0 Å². The van der Waals surface area contributed by atoms with Crippen molar-refractivity contribution in [3.63, 3.8) is 0 Å². The van der Waals surface area contributed by atoms with Crippen molar-refractivity contribution in [1.82, 2.24) is 0 Å². The summed E-state index contributed by atoms with van der Waals surface area (Å²) in [4.78, 5) is 0. The Morgan fingerprint density at radius 1 is 0.875 bits per heavy atom. The number of unbranched alkanes of at least 4 members (excludes halogenated alkanes) is 2. The summed E-state index contributed by atoms with van der Waals surface area (Å²) >= 11 is 0. The summed E-state index contributed by atoms with van der Waals surface area (Å²) in [5.41, 5.74) is -0.380. The molecule has 1 nitrogen and oxygen atoms in total. The van der Waals surface area contributed by atoms with Crippen LogP contribution in [0.25, 0.3) is 0 Å². The van der Waals surface area contributed by atoms with Crippen LogP contribution in [0.3, 0.4) is 0 Å². The van der Waals surface area contributed by atoms with Crippen LogP contribution < -0.4 is 0 Å². The summed E-state index contributed by atoms with van der Waals surface area (Å²) < 4.78 is 0. The number of aliphatic hydroxyl groups is 1. The molecule has 16 heavy (non-hydrogen) atoms. The third-order valence-electron chi connectivity index (χ3n) is 3.81. The van der Waals surface area contributed by atoms with Gasteiger partial charge >= 0.3 is 0 Å². The Hall–Kier alpha value is -0.0400. The van der Waals surface area contributed by atoms with Gasteiger partial charge in [0.1, 0.15) is 0 Å². The number of hydrogen-bond acceptors (Lipinski definition) is 1. The second kappa shape index (κ2) is 9.04. The molecule has 0 aliphatic heterocycles. The van der Waals surface area contributed by atoms with E-state index in [1.165, 1.54) is 32.1 Å². The minimum atomic E-state index is -0.380. The smallest absolute Gasteiger partial charge is 0.0675 e. The van der Waals surface area contributed by atoms with Crippen molar-refractivity contribution < 1.29 is 5.11 Å². The average Bonchev–Trinajstić information content (AvgIpc) is 2.28. The molecule has 2 unspecified atom stereocenters. The van der Waals surface area contributed by atoms with E-state index in [9.17, 15) is 5.11 Å². The molecule has 0 heterocycles. The molecule has 0 saturated carbocycles. The molecule has 0 aromatic heterocycles. The Balaban J connectivity index is 4.41. The van der Waals surface area contributed by atoms with Gasteiger partial charge in [-0.2, -0.15) is 0 Å². The van der Waals surface area contributed by atoms with Crippen LogP contribution in [0, 0.1) is 5.92 Å². The van der Waals surface area contributed by atoms with Crippen LogP contribution in [0.15, 0.2) is 0 Å². The van der Waals surface area contributed by atoms with Gasteiger partial charge in [0, 0.05) is 0 Å². The third-order valence-corrected chi connectivity index (χ3v) is 3.81. The molecule has 1 heteroatoms. The highest BCUT2D eigenvalue weighted by Gasteiger charge is 2.33. The van der Waals surface area contributed by atoms with Gasteiger partial charge < -0.3 is 5.11 Å². The highest BCUT2D eigenvalue weighted by molar-refractivity contribution is 4.85. The van der Waals surface area contributed by atoms with Gasteiger partial charge in [-0.3, -0.25) is 0 Å². The first kappa shape index (κ1) is 16.0.